The van der Waals surface area contributed by atoms with Gasteiger partial charge in [0.2, 0.25) is 0 Å². The maximum atomic E-state index is 12.9. The molecule has 0 aromatic heterocycles. The first kappa shape index (κ1) is 74.1. The van der Waals surface area contributed by atoms with Gasteiger partial charge < -0.3 is 24.2 Å². The van der Waals surface area contributed by atoms with Crippen LogP contribution < -0.4 is 0 Å². The maximum Gasteiger partial charge on any atom is 0.472 e. The van der Waals surface area contributed by atoms with Crippen LogP contribution in [0.4, 0.5) is 0 Å². The van der Waals surface area contributed by atoms with Gasteiger partial charge in [0.15, 0.2) is 6.10 Å². The largest absolute Gasteiger partial charge is 0.472 e. The lowest BCUT2D eigenvalue weighted by Gasteiger charge is -2.21. The molecule has 0 radical (unpaired) electrons. The highest BCUT2D eigenvalue weighted by molar-refractivity contribution is 7.47. The van der Waals surface area contributed by atoms with Gasteiger partial charge in [-0.15, -0.1) is 0 Å². The van der Waals surface area contributed by atoms with Crippen LogP contribution in [-0.2, 0) is 42.2 Å². The summed E-state index contributed by atoms with van der Waals surface area (Å²) in [6.07, 6.45) is 72.0. The summed E-state index contributed by atoms with van der Waals surface area (Å²) < 4.78 is 39.5. The Morgan fingerprint density at radius 1 is 0.372 bits per heavy atom. The van der Waals surface area contributed by atoms with Gasteiger partial charge >= 0.3 is 25.7 Å². The van der Waals surface area contributed by atoms with E-state index < -0.39 is 57.8 Å². The summed E-state index contributed by atoms with van der Waals surface area (Å²) in [6, 6.07) is 0. The Kier molecular flexibility index (Phi) is 56.3. The van der Waals surface area contributed by atoms with E-state index in [1.807, 2.05) is 12.2 Å². The van der Waals surface area contributed by atoms with Crippen molar-refractivity contribution in [3.05, 3.63) is 109 Å². The summed E-state index contributed by atoms with van der Waals surface area (Å²) in [7, 11) is -4.78. The first-order valence-corrected chi connectivity index (χ1v) is 32.3. The van der Waals surface area contributed by atoms with Crippen molar-refractivity contribution in [3.8, 4) is 0 Å². The molecule has 446 valence electrons. The quantitative estimate of drug-likeness (QED) is 0.0197. The summed E-state index contributed by atoms with van der Waals surface area (Å²) in [5, 5.41) is 9.82. The summed E-state index contributed by atoms with van der Waals surface area (Å²) >= 11 is 0. The number of allylic oxidation sites excluding steroid dienone is 18. The maximum absolute atomic E-state index is 12.9. The summed E-state index contributed by atoms with van der Waals surface area (Å²) in [5.74, 6) is -1.58. The van der Waals surface area contributed by atoms with Crippen molar-refractivity contribution in [2.24, 2.45) is 0 Å². The van der Waals surface area contributed by atoms with E-state index in [1.54, 1.807) is 0 Å². The fourth-order valence-electron chi connectivity index (χ4n) is 7.99. The molecule has 3 atom stereocenters. The zero-order valence-corrected chi connectivity index (χ0v) is 50.2. The number of phosphoric acid groups is 1. The van der Waals surface area contributed by atoms with Gasteiger partial charge in [0.05, 0.1) is 19.8 Å². The van der Waals surface area contributed by atoms with E-state index in [4.69, 9.17) is 23.3 Å². The molecule has 0 bridgehead atoms. The number of aliphatic hydroxyl groups is 1. The Bertz CT molecular complexity index is 1720. The number of unbranched alkanes of at least 4 members (excludes halogenated alkanes) is 21. The Morgan fingerprint density at radius 2 is 0.692 bits per heavy atom. The van der Waals surface area contributed by atoms with E-state index >= 15 is 0 Å². The molecular weight excluding hydrogens is 1000 g/mol. The Morgan fingerprint density at radius 3 is 1.14 bits per heavy atom. The van der Waals surface area contributed by atoms with E-state index in [9.17, 15) is 28.9 Å². The van der Waals surface area contributed by atoms with Crippen LogP contribution >= 0.6 is 7.82 Å². The van der Waals surface area contributed by atoms with Gasteiger partial charge in [-0.2, -0.15) is 0 Å². The van der Waals surface area contributed by atoms with E-state index in [2.05, 4.69) is 118 Å². The number of carbonyl (C=O) groups is 3. The standard InChI is InChI=1S/C66H111O11P/c1-4-7-10-13-16-19-22-25-27-29-31-33-35-38-40-43-46-49-52-55-64(68)73-59-63(77-66(70)57-54-51-48-45-42-39-36-34-32-30-28-26-23-20-17-14-11-8-5-2)61-75-78(71,72)74-60-62(58-67)76-65(69)56-53-50-47-44-41-37-24-21-18-15-12-9-6-3/h8,11,16-17,19-21,24-28,32,34,39,42,48,51,62-63,67H,4-7,9-10,12-15,18,22-23,29-31,33,35-38,40-41,43-47,49-50,52-61H2,1-3H3,(H,71,72)/b11-8-,19-16-,20-17-,24-21-,27-25-,28-26-,34-32-,42-39-,51-48-. The highest BCUT2D eigenvalue weighted by Crippen LogP contribution is 2.43. The number of phosphoric ester groups is 1. The van der Waals surface area contributed by atoms with E-state index in [0.29, 0.717) is 25.7 Å². The zero-order valence-electron chi connectivity index (χ0n) is 49.3. The average molecular weight is 1110 g/mol. The Hall–Kier alpha value is -3.86. The molecule has 0 saturated heterocycles. The molecule has 0 aromatic carbocycles. The molecule has 2 N–H and O–H groups in total. The molecule has 0 aliphatic carbocycles. The van der Waals surface area contributed by atoms with Crippen LogP contribution in [0.25, 0.3) is 0 Å². The molecule has 0 heterocycles. The predicted molar refractivity (Wildman–Crippen MR) is 325 cm³/mol. The SMILES string of the molecule is CC/C=C\C/C=C\C/C=C\C/C=C\C/C=C\C/C=C\CCC(=O)OC(COC(=O)CCCCCCCCCCC/C=C\C/C=C\CCCCC)COP(=O)(O)OCC(CO)OC(=O)CCCCCCC/C=C\CCCCCC. The van der Waals surface area contributed by atoms with Gasteiger partial charge in [0.25, 0.3) is 0 Å². The zero-order chi connectivity index (χ0) is 56.9. The minimum Gasteiger partial charge on any atom is -0.462 e. The number of hydrogen-bond acceptors (Lipinski definition) is 10. The van der Waals surface area contributed by atoms with E-state index in [1.165, 1.54) is 83.5 Å². The van der Waals surface area contributed by atoms with Gasteiger partial charge in [0.1, 0.15) is 12.7 Å². The van der Waals surface area contributed by atoms with Crippen LogP contribution in [0.3, 0.4) is 0 Å². The molecule has 12 heteroatoms. The average Bonchev–Trinajstić information content (AvgIpc) is 3.43. The molecule has 0 rings (SSSR count). The molecule has 0 aromatic rings. The van der Waals surface area contributed by atoms with Gasteiger partial charge in [0, 0.05) is 19.3 Å². The number of esters is 3. The second-order valence-corrected chi connectivity index (χ2v) is 21.6. The number of ether oxygens (including phenoxy) is 3. The predicted octanol–water partition coefficient (Wildman–Crippen LogP) is 18.6. The molecule has 0 aliphatic rings. The van der Waals surface area contributed by atoms with Gasteiger partial charge in [-0.1, -0.05) is 226 Å². The third-order valence-corrected chi connectivity index (χ3v) is 13.6. The van der Waals surface area contributed by atoms with E-state index in [-0.39, 0.29) is 25.9 Å². The van der Waals surface area contributed by atoms with Crippen LogP contribution in [0.5, 0.6) is 0 Å². The molecule has 3 unspecified atom stereocenters. The first-order chi connectivity index (χ1) is 38.2. The highest BCUT2D eigenvalue weighted by atomic mass is 31.2. The number of aliphatic hydroxyl groups excluding tert-OH is 1. The van der Waals surface area contributed by atoms with Gasteiger partial charge in [-0.25, -0.2) is 4.57 Å². The lowest BCUT2D eigenvalue weighted by atomic mass is 10.1. The van der Waals surface area contributed by atoms with Crippen LogP contribution in [-0.4, -0.2) is 66.5 Å². The molecule has 0 fully saturated rings. The van der Waals surface area contributed by atoms with Crippen molar-refractivity contribution in [1.29, 1.82) is 0 Å². The third-order valence-electron chi connectivity index (χ3n) is 12.7. The number of hydrogen-bond donors (Lipinski definition) is 2. The molecule has 0 amide bonds. The Labute approximate surface area is 475 Å². The summed E-state index contributed by atoms with van der Waals surface area (Å²) in [5.41, 5.74) is 0. The van der Waals surface area contributed by atoms with Gasteiger partial charge in [-0.3, -0.25) is 23.4 Å². The Balaban J connectivity index is 4.84. The molecule has 0 saturated carbocycles. The van der Waals surface area contributed by atoms with Crippen molar-refractivity contribution >= 4 is 25.7 Å². The van der Waals surface area contributed by atoms with Crippen LogP contribution in [0.1, 0.15) is 252 Å². The third kappa shape index (κ3) is 56.8. The minimum absolute atomic E-state index is 0.0368. The van der Waals surface area contributed by atoms with Crippen molar-refractivity contribution in [3.63, 3.8) is 0 Å². The second kappa shape index (κ2) is 59.3. The molecule has 0 spiro atoms. The van der Waals surface area contributed by atoms with Gasteiger partial charge in [-0.05, 0) is 116 Å². The monoisotopic (exact) mass is 1110 g/mol. The number of rotatable bonds is 56. The number of carbonyl (C=O) groups excluding carboxylic acids is 3. The lowest BCUT2D eigenvalue weighted by molar-refractivity contribution is -0.161. The fraction of sp³-hybridized carbons (Fsp3) is 0.682. The van der Waals surface area contributed by atoms with Crippen molar-refractivity contribution in [1.82, 2.24) is 0 Å². The van der Waals surface area contributed by atoms with Crippen molar-refractivity contribution in [2.45, 2.75) is 264 Å². The van der Waals surface area contributed by atoms with E-state index in [0.717, 1.165) is 103 Å². The van der Waals surface area contributed by atoms with Crippen molar-refractivity contribution < 1.29 is 52.2 Å². The summed E-state index contributed by atoms with van der Waals surface area (Å²) in [6.45, 7) is 4.40. The van der Waals surface area contributed by atoms with Crippen LogP contribution in [0, 0.1) is 0 Å². The van der Waals surface area contributed by atoms with Crippen molar-refractivity contribution in [2.75, 3.05) is 26.4 Å². The second-order valence-electron chi connectivity index (χ2n) is 20.1. The normalized spacial score (nSPS) is 14.1. The molecule has 11 nitrogen and oxygen atoms in total. The minimum atomic E-state index is -4.78. The molecule has 78 heavy (non-hydrogen) atoms. The lowest BCUT2D eigenvalue weighted by Crippen LogP contribution is -2.30. The molecular formula is C66H111O11P. The topological polar surface area (TPSA) is 155 Å². The first-order valence-electron chi connectivity index (χ1n) is 30.8. The highest BCUT2D eigenvalue weighted by Gasteiger charge is 2.28. The summed E-state index contributed by atoms with van der Waals surface area (Å²) in [4.78, 5) is 48.6. The van der Waals surface area contributed by atoms with Crippen LogP contribution in [0.15, 0.2) is 109 Å². The van der Waals surface area contributed by atoms with Crippen LogP contribution in [0.2, 0.25) is 0 Å². The molecule has 0 aliphatic heterocycles. The smallest absolute Gasteiger partial charge is 0.462 e. The fourth-order valence-corrected chi connectivity index (χ4v) is 8.78.